The third-order valence-corrected chi connectivity index (χ3v) is 3.29. The summed E-state index contributed by atoms with van der Waals surface area (Å²) < 4.78 is 5.39. The maximum atomic E-state index is 11.8. The number of hydrogen-bond donors (Lipinski definition) is 1. The highest BCUT2D eigenvalue weighted by molar-refractivity contribution is 5.95. The first kappa shape index (κ1) is 13.7. The van der Waals surface area contributed by atoms with Gasteiger partial charge in [0, 0.05) is 23.9 Å². The second kappa shape index (κ2) is 6.98. The van der Waals surface area contributed by atoms with E-state index in [0.717, 1.165) is 42.7 Å². The van der Waals surface area contributed by atoms with E-state index in [0.29, 0.717) is 13.0 Å². The summed E-state index contributed by atoms with van der Waals surface area (Å²) in [6.07, 6.45) is 6.75. The van der Waals surface area contributed by atoms with Gasteiger partial charge in [-0.05, 0) is 50.5 Å². The first-order valence-electron chi connectivity index (χ1n) is 7.01. The van der Waals surface area contributed by atoms with Crippen molar-refractivity contribution in [1.29, 1.82) is 0 Å². The third kappa shape index (κ3) is 4.12. The molecule has 1 saturated carbocycles. The van der Waals surface area contributed by atoms with Gasteiger partial charge >= 0.3 is 0 Å². The number of carbonyl (C=O) groups is 1. The fraction of sp³-hybridized carbons (Fsp3) is 0.438. The Balaban J connectivity index is 1.98. The highest BCUT2D eigenvalue weighted by Gasteiger charge is 2.12. The number of allylic oxidation sites excluding steroid dienone is 1. The van der Waals surface area contributed by atoms with Crippen molar-refractivity contribution in [3.63, 3.8) is 0 Å². The van der Waals surface area contributed by atoms with Crippen molar-refractivity contribution < 1.29 is 9.53 Å². The zero-order valence-electron chi connectivity index (χ0n) is 11.4. The Hall–Kier alpha value is -1.77. The number of hydrogen-bond acceptors (Lipinski definition) is 3. The summed E-state index contributed by atoms with van der Waals surface area (Å²) in [7, 11) is 0. The van der Waals surface area contributed by atoms with E-state index in [-0.39, 0.29) is 5.78 Å². The molecule has 0 bridgehead atoms. The standard InChI is InChI=1S/C16H21NO2/c1-2-19-15-10-8-14(9-11-15)17-12-13-6-4-3-5-7-16(13)18/h8-12,17H,2-7H2,1H3. The Morgan fingerprint density at radius 1 is 1.16 bits per heavy atom. The van der Waals surface area contributed by atoms with E-state index in [9.17, 15) is 4.79 Å². The van der Waals surface area contributed by atoms with Crippen molar-refractivity contribution in [2.24, 2.45) is 0 Å². The summed E-state index contributed by atoms with van der Waals surface area (Å²) in [5, 5.41) is 3.20. The quantitative estimate of drug-likeness (QED) is 0.658. The second-order valence-corrected chi connectivity index (χ2v) is 4.76. The fourth-order valence-corrected chi connectivity index (χ4v) is 2.21. The maximum Gasteiger partial charge on any atom is 0.160 e. The van der Waals surface area contributed by atoms with Gasteiger partial charge < -0.3 is 10.1 Å². The molecule has 0 amide bonds. The van der Waals surface area contributed by atoms with Crippen LogP contribution in [0, 0.1) is 0 Å². The van der Waals surface area contributed by atoms with Gasteiger partial charge in [0.15, 0.2) is 5.78 Å². The Labute approximate surface area is 114 Å². The molecule has 1 aromatic rings. The summed E-state index contributed by atoms with van der Waals surface area (Å²) >= 11 is 0. The minimum atomic E-state index is 0.288. The molecule has 19 heavy (non-hydrogen) atoms. The molecule has 2 rings (SSSR count). The molecule has 0 saturated heterocycles. The first-order valence-corrected chi connectivity index (χ1v) is 7.01. The van der Waals surface area contributed by atoms with Crippen LogP contribution in [0.2, 0.25) is 0 Å². The lowest BCUT2D eigenvalue weighted by molar-refractivity contribution is -0.115. The minimum Gasteiger partial charge on any atom is -0.494 e. The van der Waals surface area contributed by atoms with Gasteiger partial charge in [-0.2, -0.15) is 0 Å². The monoisotopic (exact) mass is 259 g/mol. The van der Waals surface area contributed by atoms with Gasteiger partial charge in [-0.1, -0.05) is 6.42 Å². The summed E-state index contributed by atoms with van der Waals surface area (Å²) in [5.41, 5.74) is 1.90. The van der Waals surface area contributed by atoms with E-state index in [2.05, 4.69) is 5.32 Å². The number of rotatable bonds is 4. The lowest BCUT2D eigenvalue weighted by Gasteiger charge is -2.06. The molecule has 1 fully saturated rings. The molecular formula is C16H21NO2. The molecule has 3 heteroatoms. The molecule has 0 unspecified atom stereocenters. The third-order valence-electron chi connectivity index (χ3n) is 3.29. The molecule has 0 atom stereocenters. The van der Waals surface area contributed by atoms with Gasteiger partial charge in [-0.15, -0.1) is 0 Å². The minimum absolute atomic E-state index is 0.288. The second-order valence-electron chi connectivity index (χ2n) is 4.76. The smallest absolute Gasteiger partial charge is 0.160 e. The Morgan fingerprint density at radius 2 is 1.89 bits per heavy atom. The van der Waals surface area contributed by atoms with Gasteiger partial charge in [0.05, 0.1) is 6.61 Å². The zero-order valence-corrected chi connectivity index (χ0v) is 11.4. The van der Waals surface area contributed by atoms with Crippen LogP contribution in [0.15, 0.2) is 36.0 Å². The average Bonchev–Trinajstić information content (AvgIpc) is 2.63. The highest BCUT2D eigenvalue weighted by Crippen LogP contribution is 2.20. The van der Waals surface area contributed by atoms with Crippen LogP contribution in [0.5, 0.6) is 5.75 Å². The molecule has 1 N–H and O–H groups in total. The van der Waals surface area contributed by atoms with E-state index < -0.39 is 0 Å². The molecule has 1 aromatic carbocycles. The van der Waals surface area contributed by atoms with Crippen LogP contribution >= 0.6 is 0 Å². The van der Waals surface area contributed by atoms with Crippen LogP contribution in [0.4, 0.5) is 5.69 Å². The lowest BCUT2D eigenvalue weighted by Crippen LogP contribution is -2.02. The summed E-state index contributed by atoms with van der Waals surface area (Å²) in [4.78, 5) is 11.8. The largest absolute Gasteiger partial charge is 0.494 e. The van der Waals surface area contributed by atoms with E-state index in [4.69, 9.17) is 4.74 Å². The fourth-order valence-electron chi connectivity index (χ4n) is 2.21. The van der Waals surface area contributed by atoms with E-state index in [1.54, 1.807) is 0 Å². The van der Waals surface area contributed by atoms with Crippen molar-refractivity contribution in [1.82, 2.24) is 0 Å². The molecule has 0 spiro atoms. The summed E-state index contributed by atoms with van der Waals surface area (Å²) in [6.45, 7) is 2.64. The molecule has 0 aliphatic heterocycles. The number of Topliss-reactive ketones (excluding diaryl/α,β-unsaturated/α-hetero) is 1. The molecule has 102 valence electrons. The zero-order chi connectivity index (χ0) is 13.5. The van der Waals surface area contributed by atoms with Crippen LogP contribution in [-0.2, 0) is 4.79 Å². The van der Waals surface area contributed by atoms with Crippen molar-refractivity contribution in [3.05, 3.63) is 36.0 Å². The highest BCUT2D eigenvalue weighted by atomic mass is 16.5. The van der Waals surface area contributed by atoms with Crippen LogP contribution in [0.25, 0.3) is 0 Å². The predicted octanol–water partition coefficient (Wildman–Crippen LogP) is 3.91. The van der Waals surface area contributed by atoms with E-state index in [1.807, 2.05) is 37.4 Å². The van der Waals surface area contributed by atoms with Gasteiger partial charge in [0.25, 0.3) is 0 Å². The summed E-state index contributed by atoms with van der Waals surface area (Å²) in [5.74, 6) is 1.15. The topological polar surface area (TPSA) is 38.3 Å². The Morgan fingerprint density at radius 3 is 2.63 bits per heavy atom. The molecule has 1 aliphatic rings. The van der Waals surface area contributed by atoms with E-state index >= 15 is 0 Å². The molecule has 1 aliphatic carbocycles. The summed E-state index contributed by atoms with van der Waals surface area (Å²) in [6, 6.07) is 7.78. The lowest BCUT2D eigenvalue weighted by atomic mass is 10.1. The number of anilines is 1. The van der Waals surface area contributed by atoms with Gasteiger partial charge in [0.1, 0.15) is 5.75 Å². The van der Waals surface area contributed by atoms with Crippen molar-refractivity contribution in [2.45, 2.75) is 39.0 Å². The van der Waals surface area contributed by atoms with Gasteiger partial charge in [-0.25, -0.2) is 0 Å². The van der Waals surface area contributed by atoms with Crippen molar-refractivity contribution in [2.75, 3.05) is 11.9 Å². The molecule has 0 heterocycles. The van der Waals surface area contributed by atoms with Crippen molar-refractivity contribution >= 4 is 11.5 Å². The normalized spacial score (nSPS) is 18.2. The molecule has 0 radical (unpaired) electrons. The Bertz CT molecular complexity index is 448. The van der Waals surface area contributed by atoms with Crippen LogP contribution in [-0.4, -0.2) is 12.4 Å². The maximum absolute atomic E-state index is 11.8. The number of benzene rings is 1. The van der Waals surface area contributed by atoms with Crippen LogP contribution < -0.4 is 10.1 Å². The van der Waals surface area contributed by atoms with Crippen LogP contribution in [0.1, 0.15) is 39.0 Å². The first-order chi connectivity index (χ1) is 9.29. The number of nitrogens with one attached hydrogen (secondary N) is 1. The predicted molar refractivity (Wildman–Crippen MR) is 77.4 cm³/mol. The number of carbonyl (C=O) groups excluding carboxylic acids is 1. The van der Waals surface area contributed by atoms with Crippen molar-refractivity contribution in [3.8, 4) is 5.75 Å². The SMILES string of the molecule is CCOc1ccc(NC=C2CCCCCC2=O)cc1. The van der Waals surface area contributed by atoms with Gasteiger partial charge in [0.2, 0.25) is 0 Å². The molecular weight excluding hydrogens is 238 g/mol. The van der Waals surface area contributed by atoms with Gasteiger partial charge in [-0.3, -0.25) is 4.79 Å². The molecule has 3 nitrogen and oxygen atoms in total. The average molecular weight is 259 g/mol. The Kier molecular flexibility index (Phi) is 5.01. The number of ketones is 1. The molecule has 0 aromatic heterocycles. The number of ether oxygens (including phenoxy) is 1. The van der Waals surface area contributed by atoms with Crippen LogP contribution in [0.3, 0.4) is 0 Å². The van der Waals surface area contributed by atoms with E-state index in [1.165, 1.54) is 0 Å².